The molecule has 1 radical (unpaired) electrons. The number of hydrogen-bond acceptors (Lipinski definition) is 2. The summed E-state index contributed by atoms with van der Waals surface area (Å²) in [6, 6.07) is 9.54. The molecule has 1 amide bonds. The second kappa shape index (κ2) is 3.88. The lowest BCUT2D eigenvalue weighted by molar-refractivity contribution is -0.117. The molecule has 1 aromatic carbocycles. The normalized spacial score (nSPS) is 12.2. The fraction of sp³-hybridized carbons (Fsp3) is 0.222. The third-order valence-corrected chi connectivity index (χ3v) is 1.38. The smallest absolute Gasteiger partial charge is 0.241 e. The molecule has 0 spiro atoms. The van der Waals surface area contributed by atoms with Crippen LogP contribution in [0.3, 0.4) is 0 Å². The summed E-state index contributed by atoms with van der Waals surface area (Å²) in [5.74, 6) is -0.197. The fourth-order valence-electron chi connectivity index (χ4n) is 0.718. The Bertz CT molecular complexity index is 256. The minimum absolute atomic E-state index is 0.197. The molecule has 1 aromatic rings. The first-order valence-corrected chi connectivity index (χ1v) is 3.73. The van der Waals surface area contributed by atoms with Crippen molar-refractivity contribution < 1.29 is 4.79 Å². The van der Waals surface area contributed by atoms with Gasteiger partial charge < -0.3 is 11.1 Å². The first-order chi connectivity index (χ1) is 5.70. The molecule has 63 valence electrons. The third kappa shape index (κ3) is 2.36. The van der Waals surface area contributed by atoms with Crippen molar-refractivity contribution in [2.24, 2.45) is 5.73 Å². The summed E-state index contributed by atoms with van der Waals surface area (Å²) in [4.78, 5) is 11.1. The molecule has 0 aromatic heterocycles. The van der Waals surface area contributed by atoms with Crippen molar-refractivity contribution in [2.75, 3.05) is 5.32 Å². The van der Waals surface area contributed by atoms with Crippen molar-refractivity contribution in [3.63, 3.8) is 0 Å². The Morgan fingerprint density at radius 3 is 2.92 bits per heavy atom. The number of hydrogen-bond donors (Lipinski definition) is 2. The van der Waals surface area contributed by atoms with E-state index in [0.29, 0.717) is 5.69 Å². The fourth-order valence-corrected chi connectivity index (χ4v) is 0.718. The summed E-state index contributed by atoms with van der Waals surface area (Å²) in [6.45, 7) is 1.64. The zero-order valence-electron chi connectivity index (χ0n) is 6.87. The topological polar surface area (TPSA) is 55.1 Å². The van der Waals surface area contributed by atoms with Crippen LogP contribution in [-0.2, 0) is 4.79 Å². The van der Waals surface area contributed by atoms with Gasteiger partial charge in [-0.05, 0) is 13.0 Å². The Kier molecular flexibility index (Phi) is 2.82. The van der Waals surface area contributed by atoms with Crippen molar-refractivity contribution in [2.45, 2.75) is 13.0 Å². The molecule has 3 N–H and O–H groups in total. The highest BCUT2D eigenvalue weighted by molar-refractivity contribution is 5.94. The first-order valence-electron chi connectivity index (χ1n) is 3.73. The number of anilines is 1. The van der Waals surface area contributed by atoms with E-state index in [0.717, 1.165) is 0 Å². The maximum Gasteiger partial charge on any atom is 0.241 e. The van der Waals surface area contributed by atoms with Crippen LogP contribution in [0.1, 0.15) is 6.92 Å². The van der Waals surface area contributed by atoms with Crippen LogP contribution < -0.4 is 11.1 Å². The lowest BCUT2D eigenvalue weighted by Crippen LogP contribution is -2.32. The number of carbonyl (C=O) groups excluding carboxylic acids is 1. The molecule has 0 saturated carbocycles. The SMILES string of the molecule is C[C@@H](N)C(=O)Nc1[c]cccc1. The lowest BCUT2D eigenvalue weighted by atomic mass is 10.3. The molecule has 1 rings (SSSR count). The number of nitrogens with one attached hydrogen (secondary N) is 1. The Hall–Kier alpha value is -1.35. The van der Waals surface area contributed by atoms with Gasteiger partial charge in [-0.2, -0.15) is 0 Å². The number of para-hydroxylation sites is 1. The van der Waals surface area contributed by atoms with Gasteiger partial charge in [0.2, 0.25) is 5.91 Å². The number of nitrogens with two attached hydrogens (primary N) is 1. The van der Waals surface area contributed by atoms with E-state index >= 15 is 0 Å². The highest BCUT2D eigenvalue weighted by atomic mass is 16.2. The Morgan fingerprint density at radius 2 is 2.42 bits per heavy atom. The molecule has 0 unspecified atom stereocenters. The number of amides is 1. The van der Waals surface area contributed by atoms with Crippen LogP contribution in [0, 0.1) is 6.07 Å². The third-order valence-electron chi connectivity index (χ3n) is 1.38. The van der Waals surface area contributed by atoms with E-state index in [1.165, 1.54) is 0 Å². The summed E-state index contributed by atoms with van der Waals surface area (Å²) in [6.07, 6.45) is 0. The van der Waals surface area contributed by atoms with Gasteiger partial charge in [-0.25, -0.2) is 0 Å². The van der Waals surface area contributed by atoms with Gasteiger partial charge in [0.25, 0.3) is 0 Å². The van der Waals surface area contributed by atoms with Gasteiger partial charge in [-0.15, -0.1) is 0 Å². The van der Waals surface area contributed by atoms with Crippen LogP contribution in [0.15, 0.2) is 24.3 Å². The standard InChI is InChI=1S/C9H11N2O/c1-7(10)9(12)11-8-5-3-2-4-6-8/h2-5,7H,10H2,1H3,(H,11,12)/t7-/m1/s1. The average Bonchev–Trinajstić information content (AvgIpc) is 2.06. The molecular formula is C9H11N2O. The second-order valence-corrected chi connectivity index (χ2v) is 2.55. The van der Waals surface area contributed by atoms with Crippen molar-refractivity contribution in [3.05, 3.63) is 30.3 Å². The molecule has 0 saturated heterocycles. The molecule has 0 fully saturated rings. The largest absolute Gasteiger partial charge is 0.324 e. The van der Waals surface area contributed by atoms with Crippen LogP contribution in [0.2, 0.25) is 0 Å². The molecule has 3 heteroatoms. The Labute approximate surface area is 71.6 Å². The molecule has 0 heterocycles. The number of benzene rings is 1. The van der Waals surface area contributed by atoms with Gasteiger partial charge in [-0.1, -0.05) is 18.2 Å². The van der Waals surface area contributed by atoms with Crippen LogP contribution in [0.4, 0.5) is 5.69 Å². The molecule has 0 aliphatic heterocycles. The zero-order chi connectivity index (χ0) is 8.97. The van der Waals surface area contributed by atoms with Crippen LogP contribution in [0.5, 0.6) is 0 Å². The van der Waals surface area contributed by atoms with Gasteiger partial charge in [0.1, 0.15) is 0 Å². The van der Waals surface area contributed by atoms with Crippen molar-refractivity contribution in [1.82, 2.24) is 0 Å². The van der Waals surface area contributed by atoms with Gasteiger partial charge >= 0.3 is 0 Å². The Morgan fingerprint density at radius 1 is 1.67 bits per heavy atom. The molecule has 0 aliphatic rings. The maximum absolute atomic E-state index is 11.1. The molecule has 3 nitrogen and oxygen atoms in total. The summed E-state index contributed by atoms with van der Waals surface area (Å²) >= 11 is 0. The van der Waals surface area contributed by atoms with E-state index in [4.69, 9.17) is 5.73 Å². The molecular weight excluding hydrogens is 152 g/mol. The highest BCUT2D eigenvalue weighted by Crippen LogP contribution is 2.03. The van der Waals surface area contributed by atoms with E-state index < -0.39 is 6.04 Å². The van der Waals surface area contributed by atoms with Crippen LogP contribution in [0.25, 0.3) is 0 Å². The summed E-state index contributed by atoms with van der Waals surface area (Å²) in [5.41, 5.74) is 6.01. The molecule has 0 aliphatic carbocycles. The summed E-state index contributed by atoms with van der Waals surface area (Å²) in [7, 11) is 0. The van der Waals surface area contributed by atoms with Crippen LogP contribution >= 0.6 is 0 Å². The van der Waals surface area contributed by atoms with E-state index in [9.17, 15) is 4.79 Å². The van der Waals surface area contributed by atoms with Crippen molar-refractivity contribution >= 4 is 11.6 Å². The summed E-state index contributed by atoms with van der Waals surface area (Å²) in [5, 5.41) is 2.62. The molecule has 0 bridgehead atoms. The van der Waals surface area contributed by atoms with Gasteiger partial charge in [0.05, 0.1) is 6.04 Å². The van der Waals surface area contributed by atoms with E-state index in [1.54, 1.807) is 19.1 Å². The van der Waals surface area contributed by atoms with E-state index in [1.807, 2.05) is 12.1 Å². The van der Waals surface area contributed by atoms with Crippen LogP contribution in [-0.4, -0.2) is 11.9 Å². The molecule has 1 atom stereocenters. The number of rotatable bonds is 2. The van der Waals surface area contributed by atoms with Crippen molar-refractivity contribution in [1.29, 1.82) is 0 Å². The predicted molar refractivity (Wildman–Crippen MR) is 47.6 cm³/mol. The first kappa shape index (κ1) is 8.74. The minimum Gasteiger partial charge on any atom is -0.324 e. The lowest BCUT2D eigenvalue weighted by Gasteiger charge is -2.06. The quantitative estimate of drug-likeness (QED) is 0.676. The zero-order valence-corrected chi connectivity index (χ0v) is 6.87. The monoisotopic (exact) mass is 163 g/mol. The minimum atomic E-state index is -0.487. The Balaban J connectivity index is 2.59. The highest BCUT2D eigenvalue weighted by Gasteiger charge is 2.06. The van der Waals surface area contributed by atoms with Crippen molar-refractivity contribution in [3.8, 4) is 0 Å². The second-order valence-electron chi connectivity index (χ2n) is 2.55. The average molecular weight is 163 g/mol. The van der Waals surface area contributed by atoms with Gasteiger partial charge in [0.15, 0.2) is 0 Å². The molecule has 12 heavy (non-hydrogen) atoms. The van der Waals surface area contributed by atoms with Gasteiger partial charge in [-0.3, -0.25) is 4.79 Å². The number of carbonyl (C=O) groups is 1. The predicted octanol–water partition coefficient (Wildman–Crippen LogP) is 0.772. The van der Waals surface area contributed by atoms with E-state index in [-0.39, 0.29) is 5.91 Å². The maximum atomic E-state index is 11.1. The van der Waals surface area contributed by atoms with E-state index in [2.05, 4.69) is 11.4 Å². The summed E-state index contributed by atoms with van der Waals surface area (Å²) < 4.78 is 0. The van der Waals surface area contributed by atoms with Gasteiger partial charge in [0, 0.05) is 11.8 Å².